The average Bonchev–Trinajstić information content (AvgIpc) is 2.64. The summed E-state index contributed by atoms with van der Waals surface area (Å²) in [6, 6.07) is 14.5. The van der Waals surface area contributed by atoms with Crippen molar-refractivity contribution in [3.8, 4) is 0 Å². The summed E-state index contributed by atoms with van der Waals surface area (Å²) >= 11 is 0. The molecule has 0 aliphatic heterocycles. The zero-order valence-electron chi connectivity index (χ0n) is 15.9. The maximum absolute atomic E-state index is 13.3. The van der Waals surface area contributed by atoms with Crippen molar-refractivity contribution in [2.75, 3.05) is 26.8 Å². The lowest BCUT2D eigenvalue weighted by Crippen LogP contribution is -2.41. The summed E-state index contributed by atoms with van der Waals surface area (Å²) in [5.74, 6) is -0.364. The quantitative estimate of drug-likeness (QED) is 0.667. The van der Waals surface area contributed by atoms with Gasteiger partial charge in [-0.2, -0.15) is 4.31 Å². The van der Waals surface area contributed by atoms with E-state index < -0.39 is 10.0 Å². The van der Waals surface area contributed by atoms with Crippen molar-refractivity contribution in [3.05, 3.63) is 65.2 Å². The van der Waals surface area contributed by atoms with Crippen molar-refractivity contribution >= 4 is 15.9 Å². The molecule has 0 bridgehead atoms. The van der Waals surface area contributed by atoms with Crippen molar-refractivity contribution in [2.24, 2.45) is 0 Å². The van der Waals surface area contributed by atoms with Crippen LogP contribution in [0.2, 0.25) is 0 Å². The van der Waals surface area contributed by atoms with Crippen LogP contribution in [0.25, 0.3) is 0 Å². The molecule has 0 radical (unpaired) electrons. The van der Waals surface area contributed by atoms with Crippen molar-refractivity contribution in [1.82, 2.24) is 9.62 Å². The van der Waals surface area contributed by atoms with Gasteiger partial charge < -0.3 is 10.1 Å². The molecule has 146 valence electrons. The van der Waals surface area contributed by atoms with Crippen molar-refractivity contribution < 1.29 is 17.9 Å². The number of nitrogens with zero attached hydrogens (tertiary/aromatic N) is 1. The van der Waals surface area contributed by atoms with Gasteiger partial charge >= 0.3 is 0 Å². The Labute approximate surface area is 161 Å². The number of aryl methyl sites for hydroxylation is 2. The molecule has 0 saturated carbocycles. The molecule has 0 fully saturated rings. The highest BCUT2D eigenvalue weighted by Crippen LogP contribution is 2.23. The molecule has 0 aliphatic rings. The number of amides is 1. The molecule has 2 aromatic carbocycles. The molecule has 1 N–H and O–H groups in total. The molecule has 2 rings (SSSR count). The molecule has 7 heteroatoms. The number of methoxy groups -OCH3 is 1. The van der Waals surface area contributed by atoms with Gasteiger partial charge in [-0.05, 0) is 36.6 Å². The Morgan fingerprint density at radius 1 is 1.11 bits per heavy atom. The Morgan fingerprint density at radius 2 is 1.81 bits per heavy atom. The molecule has 0 aromatic heterocycles. The van der Waals surface area contributed by atoms with Crippen LogP contribution in [0, 0.1) is 13.8 Å². The number of carbonyl (C=O) groups is 1. The molecule has 1 amide bonds. The number of carbonyl (C=O) groups excluding carboxylic acids is 1. The van der Waals surface area contributed by atoms with E-state index in [4.69, 9.17) is 4.74 Å². The molecule has 0 atom stereocenters. The topological polar surface area (TPSA) is 75.7 Å². The Morgan fingerprint density at radius 3 is 2.48 bits per heavy atom. The van der Waals surface area contributed by atoms with Gasteiger partial charge in [0.05, 0.1) is 18.0 Å². The first-order valence-corrected chi connectivity index (χ1v) is 10.2. The highest BCUT2D eigenvalue weighted by Gasteiger charge is 2.28. The number of ether oxygens (including phenoxy) is 1. The predicted octanol–water partition coefficient (Wildman–Crippen LogP) is 2.26. The smallest absolute Gasteiger partial charge is 0.244 e. The van der Waals surface area contributed by atoms with Gasteiger partial charge in [0.15, 0.2) is 0 Å². The van der Waals surface area contributed by atoms with Crippen LogP contribution in [0.4, 0.5) is 0 Å². The van der Waals surface area contributed by atoms with E-state index >= 15 is 0 Å². The summed E-state index contributed by atoms with van der Waals surface area (Å²) in [7, 11) is -2.30. The van der Waals surface area contributed by atoms with Crippen LogP contribution in [-0.4, -0.2) is 45.4 Å². The van der Waals surface area contributed by atoms with Crippen LogP contribution in [0.1, 0.15) is 16.7 Å². The number of benzene rings is 2. The third kappa shape index (κ3) is 5.89. The third-order valence-electron chi connectivity index (χ3n) is 4.11. The summed E-state index contributed by atoms with van der Waals surface area (Å²) in [6.45, 7) is 4.16. The fourth-order valence-electron chi connectivity index (χ4n) is 2.65. The van der Waals surface area contributed by atoms with Crippen molar-refractivity contribution in [3.63, 3.8) is 0 Å². The number of rotatable bonds is 9. The van der Waals surface area contributed by atoms with Gasteiger partial charge in [-0.3, -0.25) is 4.79 Å². The zero-order chi connectivity index (χ0) is 19.9. The molecule has 0 heterocycles. The number of sulfonamides is 1. The van der Waals surface area contributed by atoms with Gasteiger partial charge in [-0.1, -0.05) is 42.5 Å². The lowest BCUT2D eigenvalue weighted by molar-refractivity contribution is -0.121. The zero-order valence-corrected chi connectivity index (χ0v) is 16.8. The van der Waals surface area contributed by atoms with E-state index in [0.29, 0.717) is 18.7 Å². The second-order valence-corrected chi connectivity index (χ2v) is 8.28. The summed E-state index contributed by atoms with van der Waals surface area (Å²) in [5.41, 5.74) is 2.32. The minimum absolute atomic E-state index is 0.119. The molecule has 27 heavy (non-hydrogen) atoms. The monoisotopic (exact) mass is 390 g/mol. The van der Waals surface area contributed by atoms with Crippen LogP contribution in [0.5, 0.6) is 0 Å². The fraction of sp³-hybridized carbons (Fsp3) is 0.350. The molecule has 0 saturated heterocycles. The van der Waals surface area contributed by atoms with E-state index in [1.807, 2.05) is 43.3 Å². The lowest BCUT2D eigenvalue weighted by Gasteiger charge is -2.23. The Balaban J connectivity index is 2.32. The first kappa shape index (κ1) is 21.1. The molecule has 6 nitrogen and oxygen atoms in total. The standard InChI is InChI=1S/C20H26N2O4S/c1-16-9-10-17(2)19(13-16)27(24,25)22(14-18-7-5-4-6-8-18)15-20(23)21-11-12-26-3/h4-10,13H,11-12,14-15H2,1-3H3,(H,21,23). The first-order chi connectivity index (χ1) is 12.8. The van der Waals surface area contributed by atoms with Gasteiger partial charge in [0, 0.05) is 20.2 Å². The molecular formula is C20H26N2O4S. The fourth-order valence-corrected chi connectivity index (χ4v) is 4.34. The van der Waals surface area contributed by atoms with Crippen LogP contribution < -0.4 is 5.32 Å². The highest BCUT2D eigenvalue weighted by molar-refractivity contribution is 7.89. The summed E-state index contributed by atoms with van der Waals surface area (Å²) in [4.78, 5) is 12.5. The SMILES string of the molecule is COCCNC(=O)CN(Cc1ccccc1)S(=O)(=O)c1cc(C)ccc1C. The van der Waals surface area contributed by atoms with Gasteiger partial charge in [0.2, 0.25) is 15.9 Å². The van der Waals surface area contributed by atoms with Gasteiger partial charge in [-0.25, -0.2) is 8.42 Å². The maximum atomic E-state index is 13.3. The van der Waals surface area contributed by atoms with Crippen LogP contribution in [-0.2, 0) is 26.1 Å². The van der Waals surface area contributed by atoms with E-state index in [1.54, 1.807) is 26.2 Å². The summed E-state index contributed by atoms with van der Waals surface area (Å²) < 4.78 is 32.7. The van der Waals surface area contributed by atoms with E-state index in [2.05, 4.69) is 5.32 Å². The Hall–Kier alpha value is -2.22. The summed E-state index contributed by atoms with van der Waals surface area (Å²) in [6.07, 6.45) is 0. The highest BCUT2D eigenvalue weighted by atomic mass is 32.2. The largest absolute Gasteiger partial charge is 0.383 e. The first-order valence-electron chi connectivity index (χ1n) is 8.71. The normalized spacial score (nSPS) is 11.6. The molecule has 0 unspecified atom stereocenters. The van der Waals surface area contributed by atoms with E-state index in [9.17, 15) is 13.2 Å². The van der Waals surface area contributed by atoms with Gasteiger partial charge in [0.25, 0.3) is 0 Å². The molecule has 0 aliphatic carbocycles. The third-order valence-corrected chi connectivity index (χ3v) is 6.05. The second kappa shape index (κ2) is 9.64. The van der Waals surface area contributed by atoms with E-state index in [0.717, 1.165) is 11.1 Å². The molecule has 2 aromatic rings. The van der Waals surface area contributed by atoms with Crippen molar-refractivity contribution in [2.45, 2.75) is 25.3 Å². The summed E-state index contributed by atoms with van der Waals surface area (Å²) in [5, 5.41) is 2.68. The van der Waals surface area contributed by atoms with E-state index in [-0.39, 0.29) is 23.9 Å². The number of hydrogen-bond acceptors (Lipinski definition) is 4. The van der Waals surface area contributed by atoms with Crippen LogP contribution >= 0.6 is 0 Å². The maximum Gasteiger partial charge on any atom is 0.244 e. The second-order valence-electron chi connectivity index (χ2n) is 6.37. The minimum Gasteiger partial charge on any atom is -0.383 e. The van der Waals surface area contributed by atoms with E-state index in [1.165, 1.54) is 4.31 Å². The number of hydrogen-bond donors (Lipinski definition) is 1. The predicted molar refractivity (Wildman–Crippen MR) is 105 cm³/mol. The molecular weight excluding hydrogens is 364 g/mol. The average molecular weight is 391 g/mol. The number of nitrogens with one attached hydrogen (secondary N) is 1. The van der Waals surface area contributed by atoms with Crippen LogP contribution in [0.15, 0.2) is 53.4 Å². The van der Waals surface area contributed by atoms with Crippen molar-refractivity contribution in [1.29, 1.82) is 0 Å². The Bertz CT molecular complexity index is 867. The van der Waals surface area contributed by atoms with Gasteiger partial charge in [0.1, 0.15) is 0 Å². The van der Waals surface area contributed by atoms with Crippen LogP contribution in [0.3, 0.4) is 0 Å². The lowest BCUT2D eigenvalue weighted by atomic mass is 10.2. The minimum atomic E-state index is -3.84. The Kier molecular flexibility index (Phi) is 7.53. The van der Waals surface area contributed by atoms with Gasteiger partial charge in [-0.15, -0.1) is 0 Å². The molecule has 0 spiro atoms.